The summed E-state index contributed by atoms with van der Waals surface area (Å²) in [6, 6.07) is 0.263. The van der Waals surface area contributed by atoms with Gasteiger partial charge in [-0.1, -0.05) is 50.7 Å². The Morgan fingerprint density at radius 1 is 1.14 bits per heavy atom. The third-order valence-electron chi connectivity index (χ3n) is 5.21. The van der Waals surface area contributed by atoms with Crippen molar-refractivity contribution in [1.29, 1.82) is 0 Å². The van der Waals surface area contributed by atoms with E-state index < -0.39 is 5.41 Å². The SMILES string of the molecule is NC(=S)C1(C(=O)N(CCO)C2CCCC2)CCCCCC1. The van der Waals surface area contributed by atoms with Gasteiger partial charge >= 0.3 is 0 Å². The number of rotatable bonds is 5. The van der Waals surface area contributed by atoms with Crippen LogP contribution in [0.4, 0.5) is 0 Å². The molecule has 2 aliphatic rings. The van der Waals surface area contributed by atoms with E-state index >= 15 is 0 Å². The molecule has 0 radical (unpaired) electrons. The van der Waals surface area contributed by atoms with Crippen LogP contribution in [0.25, 0.3) is 0 Å². The molecule has 5 heteroatoms. The highest BCUT2D eigenvalue weighted by atomic mass is 32.1. The topological polar surface area (TPSA) is 66.6 Å². The highest BCUT2D eigenvalue weighted by Crippen LogP contribution is 2.39. The average Bonchev–Trinajstić information content (AvgIpc) is 2.87. The standard InChI is InChI=1S/C16H28N2O2S/c17-14(21)16(9-5-1-2-6-10-16)15(20)18(11-12-19)13-7-3-4-8-13/h13,19H,1-12H2,(H2,17,21). The first kappa shape index (κ1) is 16.7. The van der Waals surface area contributed by atoms with Crippen LogP contribution in [0, 0.1) is 5.41 Å². The minimum absolute atomic E-state index is 0.00958. The van der Waals surface area contributed by atoms with Gasteiger partial charge in [-0.25, -0.2) is 0 Å². The van der Waals surface area contributed by atoms with Crippen LogP contribution in [0.2, 0.25) is 0 Å². The third kappa shape index (κ3) is 3.57. The zero-order valence-electron chi connectivity index (χ0n) is 12.9. The molecule has 4 nitrogen and oxygen atoms in total. The number of nitrogens with zero attached hydrogens (tertiary/aromatic N) is 1. The molecule has 0 aromatic carbocycles. The summed E-state index contributed by atoms with van der Waals surface area (Å²) in [7, 11) is 0. The molecule has 2 rings (SSSR count). The van der Waals surface area contributed by atoms with E-state index in [0.29, 0.717) is 11.5 Å². The summed E-state index contributed by atoms with van der Waals surface area (Å²) < 4.78 is 0. The molecule has 2 aliphatic carbocycles. The molecule has 0 saturated heterocycles. The van der Waals surface area contributed by atoms with E-state index in [-0.39, 0.29) is 18.6 Å². The molecule has 0 atom stereocenters. The van der Waals surface area contributed by atoms with E-state index in [1.807, 2.05) is 4.90 Å². The molecule has 0 aliphatic heterocycles. The Morgan fingerprint density at radius 3 is 2.19 bits per heavy atom. The molecule has 0 heterocycles. The predicted octanol–water partition coefficient (Wildman–Crippen LogP) is 2.38. The van der Waals surface area contributed by atoms with Crippen LogP contribution in [0.5, 0.6) is 0 Å². The van der Waals surface area contributed by atoms with Gasteiger partial charge in [-0.3, -0.25) is 4.79 Å². The maximum atomic E-state index is 13.2. The summed E-state index contributed by atoms with van der Waals surface area (Å²) in [6.07, 6.45) is 10.3. The number of hydrogen-bond donors (Lipinski definition) is 2. The highest BCUT2D eigenvalue weighted by Gasteiger charge is 2.45. The van der Waals surface area contributed by atoms with Gasteiger partial charge in [0.15, 0.2) is 0 Å². The zero-order valence-corrected chi connectivity index (χ0v) is 13.7. The van der Waals surface area contributed by atoms with Gasteiger partial charge in [-0.05, 0) is 25.7 Å². The van der Waals surface area contributed by atoms with Crippen LogP contribution in [0.1, 0.15) is 64.2 Å². The van der Waals surface area contributed by atoms with Crippen LogP contribution in [-0.2, 0) is 4.79 Å². The molecule has 3 N–H and O–H groups in total. The lowest BCUT2D eigenvalue weighted by atomic mass is 9.78. The van der Waals surface area contributed by atoms with Gasteiger partial charge in [0.1, 0.15) is 0 Å². The van der Waals surface area contributed by atoms with Crippen molar-refractivity contribution >= 4 is 23.1 Å². The fourth-order valence-corrected chi connectivity index (χ4v) is 4.24. The van der Waals surface area contributed by atoms with Crippen molar-refractivity contribution in [3.05, 3.63) is 0 Å². The molecular weight excluding hydrogens is 284 g/mol. The Hall–Kier alpha value is -0.680. The van der Waals surface area contributed by atoms with E-state index in [0.717, 1.165) is 51.4 Å². The number of carbonyl (C=O) groups is 1. The Morgan fingerprint density at radius 2 is 1.71 bits per heavy atom. The molecule has 0 spiro atoms. The van der Waals surface area contributed by atoms with Crippen LogP contribution in [-0.4, -0.2) is 40.1 Å². The molecule has 0 aromatic heterocycles. The Kier molecular flexibility index (Phi) is 5.99. The number of aliphatic hydroxyl groups excluding tert-OH is 1. The van der Waals surface area contributed by atoms with E-state index in [9.17, 15) is 9.90 Å². The minimum atomic E-state index is -0.663. The second-order valence-electron chi connectivity index (χ2n) is 6.52. The fourth-order valence-electron chi connectivity index (χ4n) is 3.95. The Labute approximate surface area is 133 Å². The third-order valence-corrected chi connectivity index (χ3v) is 5.60. The fraction of sp³-hybridized carbons (Fsp3) is 0.875. The number of aliphatic hydroxyl groups is 1. The van der Waals surface area contributed by atoms with Crippen molar-refractivity contribution in [2.75, 3.05) is 13.2 Å². The van der Waals surface area contributed by atoms with Gasteiger partial charge < -0.3 is 15.7 Å². The van der Waals surface area contributed by atoms with Crippen molar-refractivity contribution in [2.45, 2.75) is 70.3 Å². The van der Waals surface area contributed by atoms with Crippen LogP contribution in [0.15, 0.2) is 0 Å². The Bertz CT molecular complexity index is 372. The number of thiocarbonyl (C=S) groups is 1. The van der Waals surface area contributed by atoms with E-state index in [1.54, 1.807) is 0 Å². The molecule has 2 saturated carbocycles. The maximum Gasteiger partial charge on any atom is 0.235 e. The summed E-state index contributed by atoms with van der Waals surface area (Å²) >= 11 is 5.31. The van der Waals surface area contributed by atoms with E-state index in [1.165, 1.54) is 12.8 Å². The lowest BCUT2D eigenvalue weighted by Crippen LogP contribution is -2.53. The molecule has 1 amide bonds. The first-order chi connectivity index (χ1) is 10.1. The molecule has 0 unspecified atom stereocenters. The van der Waals surface area contributed by atoms with Crippen LogP contribution in [0.3, 0.4) is 0 Å². The van der Waals surface area contributed by atoms with Crippen molar-refractivity contribution in [2.24, 2.45) is 11.1 Å². The van der Waals surface area contributed by atoms with Crippen LogP contribution >= 0.6 is 12.2 Å². The van der Waals surface area contributed by atoms with Crippen molar-refractivity contribution < 1.29 is 9.90 Å². The summed E-state index contributed by atoms with van der Waals surface area (Å²) in [5.41, 5.74) is 5.36. The zero-order chi connectivity index (χ0) is 15.3. The number of nitrogens with two attached hydrogens (primary N) is 1. The quantitative estimate of drug-likeness (QED) is 0.604. The Balaban J connectivity index is 2.23. The monoisotopic (exact) mass is 312 g/mol. The predicted molar refractivity (Wildman–Crippen MR) is 88.0 cm³/mol. The van der Waals surface area contributed by atoms with Gasteiger partial charge in [0.2, 0.25) is 5.91 Å². The molecular formula is C16H28N2O2S. The van der Waals surface area contributed by atoms with Crippen molar-refractivity contribution in [3.63, 3.8) is 0 Å². The number of carbonyl (C=O) groups excluding carboxylic acids is 1. The minimum Gasteiger partial charge on any atom is -0.395 e. The van der Waals surface area contributed by atoms with Gasteiger partial charge in [0.25, 0.3) is 0 Å². The highest BCUT2D eigenvalue weighted by molar-refractivity contribution is 7.80. The molecule has 2 fully saturated rings. The maximum absolute atomic E-state index is 13.2. The van der Waals surface area contributed by atoms with Gasteiger partial charge in [0.05, 0.1) is 17.0 Å². The first-order valence-electron chi connectivity index (χ1n) is 8.33. The molecule has 0 aromatic rings. The van der Waals surface area contributed by atoms with Crippen molar-refractivity contribution in [3.8, 4) is 0 Å². The van der Waals surface area contributed by atoms with E-state index in [4.69, 9.17) is 18.0 Å². The molecule has 0 bridgehead atoms. The second-order valence-corrected chi connectivity index (χ2v) is 6.96. The first-order valence-corrected chi connectivity index (χ1v) is 8.74. The molecule has 120 valence electrons. The van der Waals surface area contributed by atoms with Gasteiger partial charge in [-0.15, -0.1) is 0 Å². The lowest BCUT2D eigenvalue weighted by molar-refractivity contribution is -0.142. The lowest BCUT2D eigenvalue weighted by Gasteiger charge is -2.38. The van der Waals surface area contributed by atoms with Gasteiger partial charge in [0, 0.05) is 12.6 Å². The van der Waals surface area contributed by atoms with Crippen molar-refractivity contribution in [1.82, 2.24) is 4.90 Å². The van der Waals surface area contributed by atoms with E-state index in [2.05, 4.69) is 0 Å². The summed E-state index contributed by atoms with van der Waals surface area (Å²) in [5.74, 6) is 0.0813. The summed E-state index contributed by atoms with van der Waals surface area (Å²) in [5, 5.41) is 9.36. The largest absolute Gasteiger partial charge is 0.395 e. The second kappa shape index (κ2) is 7.54. The summed E-state index contributed by atoms with van der Waals surface area (Å²) in [6.45, 7) is 0.420. The van der Waals surface area contributed by atoms with Gasteiger partial charge in [-0.2, -0.15) is 0 Å². The summed E-state index contributed by atoms with van der Waals surface area (Å²) in [4.78, 5) is 15.5. The van der Waals surface area contributed by atoms with Crippen LogP contribution < -0.4 is 5.73 Å². The average molecular weight is 312 g/mol. The molecule has 21 heavy (non-hydrogen) atoms. The normalized spacial score (nSPS) is 22.7. The number of hydrogen-bond acceptors (Lipinski definition) is 3. The smallest absolute Gasteiger partial charge is 0.235 e. The number of amides is 1.